The van der Waals surface area contributed by atoms with Crippen LogP contribution in [-0.2, 0) is 4.74 Å². The summed E-state index contributed by atoms with van der Waals surface area (Å²) in [6, 6.07) is 6.26. The fourth-order valence-electron chi connectivity index (χ4n) is 3.30. The summed E-state index contributed by atoms with van der Waals surface area (Å²) in [5.41, 5.74) is 9.92. The van der Waals surface area contributed by atoms with Crippen LogP contribution in [0, 0.1) is 19.3 Å². The Kier molecular flexibility index (Phi) is 9.05. The Morgan fingerprint density at radius 1 is 1.25 bits per heavy atom. The Bertz CT molecular complexity index is 539. The van der Waals surface area contributed by atoms with E-state index in [-0.39, 0.29) is 29.4 Å². The van der Waals surface area contributed by atoms with Crippen molar-refractivity contribution in [1.82, 2.24) is 0 Å². The zero-order valence-corrected chi connectivity index (χ0v) is 17.6. The van der Waals surface area contributed by atoms with Gasteiger partial charge in [-0.1, -0.05) is 18.9 Å². The minimum absolute atomic E-state index is 0. The molecule has 1 aromatic rings. The highest BCUT2D eigenvalue weighted by molar-refractivity contribution is 14.0. The van der Waals surface area contributed by atoms with Gasteiger partial charge in [-0.3, -0.25) is 4.99 Å². The van der Waals surface area contributed by atoms with Crippen LogP contribution in [0.3, 0.4) is 0 Å². The first-order valence-corrected chi connectivity index (χ1v) is 8.77. The molecule has 24 heavy (non-hydrogen) atoms. The first-order chi connectivity index (χ1) is 11.0. The molecule has 1 saturated carbocycles. The summed E-state index contributed by atoms with van der Waals surface area (Å²) >= 11 is 0. The molecule has 0 amide bonds. The molecule has 0 heterocycles. The normalized spacial score (nSPS) is 16.7. The van der Waals surface area contributed by atoms with Crippen molar-refractivity contribution in [3.63, 3.8) is 0 Å². The maximum Gasteiger partial charge on any atom is 0.193 e. The second-order valence-corrected chi connectivity index (χ2v) is 6.78. The number of nitrogens with one attached hydrogen (secondary N) is 1. The van der Waals surface area contributed by atoms with Gasteiger partial charge in [-0.05, 0) is 68.7 Å². The Labute approximate surface area is 163 Å². The molecule has 1 aliphatic rings. The smallest absolute Gasteiger partial charge is 0.193 e. The fourth-order valence-corrected chi connectivity index (χ4v) is 3.30. The molecule has 0 aromatic heterocycles. The quantitative estimate of drug-likeness (QED) is 0.278. The average molecular weight is 445 g/mol. The second kappa shape index (κ2) is 10.2. The summed E-state index contributed by atoms with van der Waals surface area (Å²) in [7, 11) is 0. The maximum atomic E-state index is 6.09. The Morgan fingerprint density at radius 3 is 2.58 bits per heavy atom. The number of rotatable bonds is 7. The molecule has 0 unspecified atom stereocenters. The van der Waals surface area contributed by atoms with E-state index in [0.29, 0.717) is 5.96 Å². The molecule has 0 bridgehead atoms. The van der Waals surface area contributed by atoms with Crippen molar-refractivity contribution < 1.29 is 4.74 Å². The Morgan fingerprint density at radius 2 is 1.96 bits per heavy atom. The molecule has 1 aliphatic carbocycles. The molecule has 0 saturated heterocycles. The number of hydrogen-bond donors (Lipinski definition) is 2. The lowest BCUT2D eigenvalue weighted by molar-refractivity contribution is 0.107. The van der Waals surface area contributed by atoms with E-state index >= 15 is 0 Å². The highest BCUT2D eigenvalue weighted by Gasteiger charge is 2.33. The highest BCUT2D eigenvalue weighted by atomic mass is 127. The van der Waals surface area contributed by atoms with Gasteiger partial charge in [0.15, 0.2) is 5.96 Å². The molecule has 0 aliphatic heterocycles. The third-order valence-corrected chi connectivity index (χ3v) is 5.01. The predicted molar refractivity (Wildman–Crippen MR) is 113 cm³/mol. The van der Waals surface area contributed by atoms with E-state index in [1.54, 1.807) is 0 Å². The predicted octanol–water partition coefficient (Wildman–Crippen LogP) is 4.64. The van der Waals surface area contributed by atoms with Gasteiger partial charge in [-0.15, -0.1) is 24.0 Å². The molecular formula is C19H32IN3O. The molecule has 5 heteroatoms. The third kappa shape index (κ3) is 6.24. The van der Waals surface area contributed by atoms with E-state index in [2.05, 4.69) is 36.3 Å². The molecule has 0 spiro atoms. The van der Waals surface area contributed by atoms with E-state index in [1.165, 1.54) is 36.8 Å². The number of aliphatic imine (C=N–C) groups is 1. The molecule has 0 radical (unpaired) electrons. The summed E-state index contributed by atoms with van der Waals surface area (Å²) in [5.74, 6) is 0.510. The number of anilines is 1. The van der Waals surface area contributed by atoms with Crippen molar-refractivity contribution in [3.05, 3.63) is 29.3 Å². The van der Waals surface area contributed by atoms with Gasteiger partial charge in [-0.2, -0.15) is 0 Å². The molecule has 1 aromatic carbocycles. The van der Waals surface area contributed by atoms with Gasteiger partial charge < -0.3 is 15.8 Å². The average Bonchev–Trinajstić information content (AvgIpc) is 2.99. The molecule has 4 nitrogen and oxygen atoms in total. The van der Waals surface area contributed by atoms with E-state index in [1.807, 2.05) is 13.0 Å². The van der Waals surface area contributed by atoms with Crippen molar-refractivity contribution >= 4 is 35.6 Å². The zero-order chi connectivity index (χ0) is 16.7. The summed E-state index contributed by atoms with van der Waals surface area (Å²) in [6.07, 6.45) is 6.15. The summed E-state index contributed by atoms with van der Waals surface area (Å²) < 4.78 is 5.55. The van der Waals surface area contributed by atoms with Gasteiger partial charge in [0.05, 0.1) is 0 Å². The van der Waals surface area contributed by atoms with E-state index in [0.717, 1.165) is 31.9 Å². The van der Waals surface area contributed by atoms with E-state index in [9.17, 15) is 0 Å². The van der Waals surface area contributed by atoms with E-state index in [4.69, 9.17) is 10.5 Å². The number of ether oxygens (including phenoxy) is 1. The molecule has 136 valence electrons. The van der Waals surface area contributed by atoms with E-state index < -0.39 is 0 Å². The van der Waals surface area contributed by atoms with Crippen molar-refractivity contribution in [2.75, 3.05) is 25.1 Å². The summed E-state index contributed by atoms with van der Waals surface area (Å²) in [5, 5.41) is 3.21. The lowest BCUT2D eigenvalue weighted by Crippen LogP contribution is -2.28. The van der Waals surface area contributed by atoms with Crippen LogP contribution in [-0.4, -0.2) is 25.7 Å². The van der Waals surface area contributed by atoms with Crippen LogP contribution in [0.1, 0.15) is 50.2 Å². The van der Waals surface area contributed by atoms with Crippen LogP contribution in [0.5, 0.6) is 0 Å². The number of guanidine groups is 1. The Hall–Kier alpha value is -0.820. The van der Waals surface area contributed by atoms with Crippen LogP contribution in [0.15, 0.2) is 23.2 Å². The van der Waals surface area contributed by atoms with Crippen molar-refractivity contribution in [2.45, 2.75) is 52.9 Å². The third-order valence-electron chi connectivity index (χ3n) is 5.01. The SMILES string of the molecule is CCOCCC1(CN=C(N)Nc2ccc(C)c(C)c2)CCCC1.I. The first kappa shape index (κ1) is 21.2. The maximum absolute atomic E-state index is 6.09. The number of benzene rings is 1. The summed E-state index contributed by atoms with van der Waals surface area (Å²) in [6.45, 7) is 8.68. The van der Waals surface area contributed by atoms with Crippen molar-refractivity contribution in [1.29, 1.82) is 0 Å². The highest BCUT2D eigenvalue weighted by Crippen LogP contribution is 2.41. The molecule has 2 rings (SSSR count). The first-order valence-electron chi connectivity index (χ1n) is 8.77. The van der Waals surface area contributed by atoms with Gasteiger partial charge in [0.1, 0.15) is 0 Å². The summed E-state index contributed by atoms with van der Waals surface area (Å²) in [4.78, 5) is 4.63. The Balaban J connectivity index is 0.00000288. The van der Waals surface area contributed by atoms with Gasteiger partial charge in [0.25, 0.3) is 0 Å². The van der Waals surface area contributed by atoms with Gasteiger partial charge in [0.2, 0.25) is 0 Å². The van der Waals surface area contributed by atoms with Gasteiger partial charge in [-0.25, -0.2) is 0 Å². The lowest BCUT2D eigenvalue weighted by atomic mass is 9.83. The lowest BCUT2D eigenvalue weighted by Gasteiger charge is -2.27. The largest absolute Gasteiger partial charge is 0.382 e. The van der Waals surface area contributed by atoms with Crippen LogP contribution < -0.4 is 11.1 Å². The number of hydrogen-bond acceptors (Lipinski definition) is 2. The second-order valence-electron chi connectivity index (χ2n) is 6.78. The fraction of sp³-hybridized carbons (Fsp3) is 0.632. The van der Waals surface area contributed by atoms with Crippen LogP contribution in [0.4, 0.5) is 5.69 Å². The standard InChI is InChI=1S/C19H31N3O.HI/c1-4-23-12-11-19(9-5-6-10-19)14-21-18(20)22-17-8-7-15(2)16(3)13-17;/h7-8,13H,4-6,9-12,14H2,1-3H3,(H3,20,21,22);1H. The molecule has 1 fully saturated rings. The zero-order valence-electron chi connectivity index (χ0n) is 15.2. The molecular weight excluding hydrogens is 413 g/mol. The number of nitrogens with two attached hydrogens (primary N) is 1. The monoisotopic (exact) mass is 445 g/mol. The molecule has 3 N–H and O–H groups in total. The van der Waals surface area contributed by atoms with Crippen LogP contribution >= 0.6 is 24.0 Å². The minimum atomic E-state index is 0. The topological polar surface area (TPSA) is 59.6 Å². The number of halogens is 1. The number of nitrogens with zero attached hydrogens (tertiary/aromatic N) is 1. The number of aryl methyl sites for hydroxylation is 2. The van der Waals surface area contributed by atoms with Crippen LogP contribution in [0.25, 0.3) is 0 Å². The molecule has 0 atom stereocenters. The van der Waals surface area contributed by atoms with Crippen LogP contribution in [0.2, 0.25) is 0 Å². The van der Waals surface area contributed by atoms with Crippen molar-refractivity contribution in [2.24, 2.45) is 16.1 Å². The minimum Gasteiger partial charge on any atom is -0.382 e. The van der Waals surface area contributed by atoms with Gasteiger partial charge in [0, 0.05) is 25.4 Å². The van der Waals surface area contributed by atoms with Crippen molar-refractivity contribution in [3.8, 4) is 0 Å². The van der Waals surface area contributed by atoms with Gasteiger partial charge >= 0.3 is 0 Å².